The largest absolute Gasteiger partial charge is 0.476 e. The molecule has 0 amide bonds. The van der Waals surface area contributed by atoms with Crippen molar-refractivity contribution in [2.24, 2.45) is 0 Å². The number of aromatic nitrogens is 3. The number of likely N-dealkylation sites (tertiary alicyclic amines) is 2. The van der Waals surface area contributed by atoms with Crippen molar-refractivity contribution < 1.29 is 9.90 Å². The van der Waals surface area contributed by atoms with Crippen LogP contribution < -0.4 is 0 Å². The van der Waals surface area contributed by atoms with Crippen molar-refractivity contribution in [3.8, 4) is 0 Å². The topological polar surface area (TPSA) is 74.5 Å². The zero-order valence-electron chi connectivity index (χ0n) is 11.6. The first-order chi connectivity index (χ1) is 9.72. The van der Waals surface area contributed by atoms with Gasteiger partial charge in [0.2, 0.25) is 0 Å². The highest BCUT2D eigenvalue weighted by molar-refractivity contribution is 5.84. The predicted octanol–water partition coefficient (Wildman–Crippen LogP) is 0.146. The zero-order chi connectivity index (χ0) is 13.9. The fourth-order valence-electron chi connectivity index (χ4n) is 3.17. The van der Waals surface area contributed by atoms with E-state index in [2.05, 4.69) is 20.1 Å². The summed E-state index contributed by atoms with van der Waals surface area (Å²) in [4.78, 5) is 15.8. The van der Waals surface area contributed by atoms with Crippen LogP contribution in [0.2, 0.25) is 0 Å². The third-order valence-electron chi connectivity index (χ3n) is 4.31. The van der Waals surface area contributed by atoms with Crippen LogP contribution >= 0.6 is 0 Å². The first-order valence-corrected chi connectivity index (χ1v) is 7.32. The number of carboxylic acid groups (broad SMARTS) is 1. The highest BCUT2D eigenvalue weighted by atomic mass is 16.4. The molecule has 2 saturated heterocycles. The maximum Gasteiger partial charge on any atom is 0.358 e. The van der Waals surface area contributed by atoms with Gasteiger partial charge in [-0.1, -0.05) is 5.21 Å². The molecule has 3 rings (SSSR count). The number of carbonyl (C=O) groups is 1. The molecule has 1 atom stereocenters. The van der Waals surface area contributed by atoms with E-state index in [1.54, 1.807) is 4.68 Å². The molecule has 1 aromatic heterocycles. The summed E-state index contributed by atoms with van der Waals surface area (Å²) in [6.45, 7) is 6.37. The molecule has 1 unspecified atom stereocenters. The molecule has 2 aliphatic heterocycles. The molecular weight excluding hydrogens is 258 g/mol. The highest BCUT2D eigenvalue weighted by Crippen LogP contribution is 2.20. The van der Waals surface area contributed by atoms with E-state index in [1.807, 2.05) is 0 Å². The first kappa shape index (κ1) is 13.5. The lowest BCUT2D eigenvalue weighted by atomic mass is 10.2. The fourth-order valence-corrected chi connectivity index (χ4v) is 3.17. The first-order valence-electron chi connectivity index (χ1n) is 7.32. The normalized spacial score (nSPS) is 24.5. The number of rotatable bonds is 5. The Morgan fingerprint density at radius 3 is 2.80 bits per heavy atom. The van der Waals surface area contributed by atoms with Crippen LogP contribution in [0.4, 0.5) is 0 Å². The Hall–Kier alpha value is -1.47. The summed E-state index contributed by atoms with van der Waals surface area (Å²) in [5, 5.41) is 16.3. The van der Waals surface area contributed by atoms with Gasteiger partial charge in [-0.05, 0) is 38.9 Å². The van der Waals surface area contributed by atoms with Crippen molar-refractivity contribution in [2.75, 3.05) is 32.7 Å². The molecule has 2 aliphatic rings. The van der Waals surface area contributed by atoms with E-state index in [4.69, 9.17) is 5.11 Å². The van der Waals surface area contributed by atoms with Crippen LogP contribution in [0.25, 0.3) is 0 Å². The minimum absolute atomic E-state index is 0.0152. The van der Waals surface area contributed by atoms with Gasteiger partial charge in [0.25, 0.3) is 0 Å². The predicted molar refractivity (Wildman–Crippen MR) is 72.6 cm³/mol. The van der Waals surface area contributed by atoms with Gasteiger partial charge in [-0.25, -0.2) is 4.79 Å². The molecule has 1 N–H and O–H groups in total. The fraction of sp³-hybridized carbons (Fsp3) is 0.769. The minimum atomic E-state index is -1.02. The van der Waals surface area contributed by atoms with Crippen LogP contribution in [0.3, 0.4) is 0 Å². The van der Waals surface area contributed by atoms with Crippen molar-refractivity contribution in [3.05, 3.63) is 11.9 Å². The maximum atomic E-state index is 10.7. The number of aromatic carboxylic acids is 1. The van der Waals surface area contributed by atoms with Gasteiger partial charge < -0.3 is 5.11 Å². The number of hydrogen-bond acceptors (Lipinski definition) is 5. The summed E-state index contributed by atoms with van der Waals surface area (Å²) in [5.41, 5.74) is 0.0152. The molecular formula is C13H21N5O2. The van der Waals surface area contributed by atoms with Gasteiger partial charge >= 0.3 is 5.97 Å². The van der Waals surface area contributed by atoms with E-state index < -0.39 is 5.97 Å². The van der Waals surface area contributed by atoms with Gasteiger partial charge in [-0.3, -0.25) is 14.5 Å². The molecule has 0 radical (unpaired) electrons. The Labute approximate surface area is 118 Å². The number of hydrogen-bond donors (Lipinski definition) is 1. The third-order valence-corrected chi connectivity index (χ3v) is 4.31. The SMILES string of the molecule is O=C(O)c1cn(CCN2CCC(N3CCCC3)C2)nn1. The standard InChI is InChI=1S/C13H21N5O2/c19-13(20)12-10-18(15-14-12)8-7-16-6-3-11(9-16)17-4-1-2-5-17/h10-11H,1-9H2,(H,19,20). The molecule has 3 heterocycles. The quantitative estimate of drug-likeness (QED) is 0.827. The van der Waals surface area contributed by atoms with Crippen LogP contribution in [0, 0.1) is 0 Å². The van der Waals surface area contributed by atoms with Gasteiger partial charge in [0.15, 0.2) is 5.69 Å². The second-order valence-electron chi connectivity index (χ2n) is 5.66. The molecule has 7 nitrogen and oxygen atoms in total. The van der Waals surface area contributed by atoms with Gasteiger partial charge in [0, 0.05) is 19.1 Å². The molecule has 20 heavy (non-hydrogen) atoms. The molecule has 1 aromatic rings. The summed E-state index contributed by atoms with van der Waals surface area (Å²) < 4.78 is 1.62. The number of carboxylic acids is 1. The third kappa shape index (κ3) is 2.99. The summed E-state index contributed by atoms with van der Waals surface area (Å²) in [7, 11) is 0. The van der Waals surface area contributed by atoms with Crippen LogP contribution in [-0.4, -0.2) is 74.6 Å². The summed E-state index contributed by atoms with van der Waals surface area (Å²) >= 11 is 0. The van der Waals surface area contributed by atoms with Gasteiger partial charge in [-0.2, -0.15) is 0 Å². The number of nitrogens with zero attached hydrogens (tertiary/aromatic N) is 5. The smallest absolute Gasteiger partial charge is 0.358 e. The Balaban J connectivity index is 1.45. The molecule has 0 bridgehead atoms. The van der Waals surface area contributed by atoms with Crippen LogP contribution in [-0.2, 0) is 6.54 Å². The highest BCUT2D eigenvalue weighted by Gasteiger charge is 2.28. The van der Waals surface area contributed by atoms with E-state index >= 15 is 0 Å². The van der Waals surface area contributed by atoms with E-state index in [0.717, 1.165) is 19.6 Å². The van der Waals surface area contributed by atoms with Crippen molar-refractivity contribution in [3.63, 3.8) is 0 Å². The maximum absolute atomic E-state index is 10.7. The Morgan fingerprint density at radius 1 is 1.30 bits per heavy atom. The Morgan fingerprint density at radius 2 is 2.10 bits per heavy atom. The Bertz CT molecular complexity index is 469. The lowest BCUT2D eigenvalue weighted by molar-refractivity contribution is 0.0690. The van der Waals surface area contributed by atoms with Crippen LogP contribution in [0.1, 0.15) is 29.8 Å². The zero-order valence-corrected chi connectivity index (χ0v) is 11.6. The summed E-state index contributed by atoms with van der Waals surface area (Å²) in [6.07, 6.45) is 5.43. The Kier molecular flexibility index (Phi) is 3.98. The molecule has 0 aliphatic carbocycles. The monoisotopic (exact) mass is 279 g/mol. The van der Waals surface area contributed by atoms with E-state index in [0.29, 0.717) is 12.6 Å². The average molecular weight is 279 g/mol. The van der Waals surface area contributed by atoms with Crippen molar-refractivity contribution in [1.82, 2.24) is 24.8 Å². The van der Waals surface area contributed by atoms with Gasteiger partial charge in [0.05, 0.1) is 12.7 Å². The molecule has 110 valence electrons. The van der Waals surface area contributed by atoms with E-state index in [-0.39, 0.29) is 5.69 Å². The van der Waals surface area contributed by atoms with Crippen LogP contribution in [0.15, 0.2) is 6.20 Å². The van der Waals surface area contributed by atoms with Crippen LogP contribution in [0.5, 0.6) is 0 Å². The van der Waals surface area contributed by atoms with Crippen molar-refractivity contribution in [1.29, 1.82) is 0 Å². The lowest BCUT2D eigenvalue weighted by Crippen LogP contribution is -2.36. The molecule has 2 fully saturated rings. The average Bonchev–Trinajstić information content (AvgIpc) is 3.17. The minimum Gasteiger partial charge on any atom is -0.476 e. The molecule has 0 spiro atoms. The lowest BCUT2D eigenvalue weighted by Gasteiger charge is -2.23. The van der Waals surface area contributed by atoms with Crippen molar-refractivity contribution in [2.45, 2.75) is 31.8 Å². The second kappa shape index (κ2) is 5.88. The molecule has 7 heteroatoms. The second-order valence-corrected chi connectivity index (χ2v) is 5.66. The van der Waals surface area contributed by atoms with E-state index in [9.17, 15) is 4.79 Å². The van der Waals surface area contributed by atoms with E-state index in [1.165, 1.54) is 38.5 Å². The molecule has 0 saturated carbocycles. The van der Waals surface area contributed by atoms with Crippen molar-refractivity contribution >= 4 is 5.97 Å². The summed E-state index contributed by atoms with van der Waals surface area (Å²) in [6, 6.07) is 0.711. The van der Waals surface area contributed by atoms with Gasteiger partial charge in [0.1, 0.15) is 0 Å². The molecule has 0 aromatic carbocycles. The summed E-state index contributed by atoms with van der Waals surface area (Å²) in [5.74, 6) is -1.02. The van der Waals surface area contributed by atoms with Gasteiger partial charge in [-0.15, -0.1) is 5.10 Å².